The Hall–Kier alpha value is -0.680. The molecule has 13 heavy (non-hydrogen) atoms. The predicted octanol–water partition coefficient (Wildman–Crippen LogP) is -0.389. The number of carbonyl (C=O) groups is 1. The van der Waals surface area contributed by atoms with E-state index >= 15 is 0 Å². The van der Waals surface area contributed by atoms with Gasteiger partial charge in [-0.3, -0.25) is 4.79 Å². The third kappa shape index (κ3) is 2.16. The smallest absolute Gasteiger partial charge is 0.240 e. The Labute approximate surface area is 83.2 Å². The number of amides is 1. The molecule has 0 aromatic rings. The minimum atomic E-state index is -0.305. The van der Waals surface area contributed by atoms with Gasteiger partial charge in [0.2, 0.25) is 5.91 Å². The summed E-state index contributed by atoms with van der Waals surface area (Å²) < 4.78 is 0. The fourth-order valence-electron chi connectivity index (χ4n) is 1.59. The van der Waals surface area contributed by atoms with Crippen molar-refractivity contribution in [3.8, 4) is 0 Å². The van der Waals surface area contributed by atoms with Crippen LogP contribution in [0.15, 0.2) is 0 Å². The minimum Gasteiger partial charge on any atom is -0.368 e. The van der Waals surface area contributed by atoms with E-state index in [1.54, 1.807) is 0 Å². The number of nitrogens with two attached hydrogens (primary N) is 2. The molecule has 0 aromatic carbocycles. The first kappa shape index (κ1) is 10.4. The van der Waals surface area contributed by atoms with Crippen LogP contribution in [0.2, 0.25) is 0 Å². The van der Waals surface area contributed by atoms with E-state index in [-0.39, 0.29) is 18.0 Å². The summed E-state index contributed by atoms with van der Waals surface area (Å²) in [4.78, 5) is 13.5. The second kappa shape index (κ2) is 4.02. The molecule has 4 N–H and O–H groups in total. The normalized spacial score (nSPS) is 24.5. The van der Waals surface area contributed by atoms with E-state index in [0.29, 0.717) is 4.99 Å². The fraction of sp³-hybridized carbons (Fsp3) is 0.750. The van der Waals surface area contributed by atoms with Crippen molar-refractivity contribution in [3.05, 3.63) is 0 Å². The van der Waals surface area contributed by atoms with Gasteiger partial charge in [-0.25, -0.2) is 0 Å². The van der Waals surface area contributed by atoms with Crippen LogP contribution >= 0.6 is 12.2 Å². The number of thiocarbonyl (C=S) groups is 1. The zero-order chi connectivity index (χ0) is 10.0. The van der Waals surface area contributed by atoms with Crippen molar-refractivity contribution in [1.82, 2.24) is 4.90 Å². The maximum absolute atomic E-state index is 11.0. The summed E-state index contributed by atoms with van der Waals surface area (Å²) in [6.07, 6.45) is 1.75. The molecule has 0 radical (unpaired) electrons. The van der Waals surface area contributed by atoms with Crippen molar-refractivity contribution in [3.63, 3.8) is 0 Å². The van der Waals surface area contributed by atoms with Gasteiger partial charge < -0.3 is 16.4 Å². The molecule has 2 atom stereocenters. The summed E-state index contributed by atoms with van der Waals surface area (Å²) in [7, 11) is 0. The summed E-state index contributed by atoms with van der Waals surface area (Å²) in [5.41, 5.74) is 10.9. The highest BCUT2D eigenvalue weighted by atomic mass is 32.1. The molecule has 0 aliphatic carbocycles. The summed E-state index contributed by atoms with van der Waals surface area (Å²) in [5.74, 6) is -0.305. The molecule has 1 saturated heterocycles. The highest BCUT2D eigenvalue weighted by Crippen LogP contribution is 2.18. The van der Waals surface area contributed by atoms with E-state index in [2.05, 4.69) is 0 Å². The average molecular weight is 201 g/mol. The van der Waals surface area contributed by atoms with Gasteiger partial charge in [-0.1, -0.05) is 12.2 Å². The van der Waals surface area contributed by atoms with Crippen LogP contribution in [0.1, 0.15) is 19.8 Å². The van der Waals surface area contributed by atoms with Gasteiger partial charge in [0.15, 0.2) is 0 Å². The lowest BCUT2D eigenvalue weighted by Gasteiger charge is -2.26. The number of carbonyl (C=O) groups excluding carboxylic acids is 1. The number of likely N-dealkylation sites (tertiary alicyclic amines) is 1. The number of hydrogen-bond donors (Lipinski definition) is 2. The standard InChI is InChI=1S/C8H15N3OS/c1-5(9)8(13)11-4-2-3-6(11)7(10)12/h5-6H,2-4,9H2,1H3,(H2,10,12)/t5-,6-/m0/s1. The molecule has 1 amide bonds. The molecular formula is C8H15N3OS. The van der Waals surface area contributed by atoms with Gasteiger partial charge in [-0.15, -0.1) is 0 Å². The number of nitrogens with zero attached hydrogens (tertiary/aromatic N) is 1. The van der Waals surface area contributed by atoms with E-state index in [1.165, 1.54) is 0 Å². The van der Waals surface area contributed by atoms with Crippen molar-refractivity contribution in [1.29, 1.82) is 0 Å². The third-order valence-corrected chi connectivity index (χ3v) is 2.86. The summed E-state index contributed by atoms with van der Waals surface area (Å²) in [6.45, 7) is 2.62. The van der Waals surface area contributed by atoms with Crippen molar-refractivity contribution >= 4 is 23.1 Å². The van der Waals surface area contributed by atoms with Crippen LogP contribution < -0.4 is 11.5 Å². The molecule has 0 spiro atoms. The second-order valence-electron chi connectivity index (χ2n) is 3.38. The predicted molar refractivity (Wildman–Crippen MR) is 55.2 cm³/mol. The first-order chi connectivity index (χ1) is 6.04. The van der Waals surface area contributed by atoms with Gasteiger partial charge in [0.05, 0.1) is 11.0 Å². The Kier molecular flexibility index (Phi) is 3.22. The largest absolute Gasteiger partial charge is 0.368 e. The molecule has 4 nitrogen and oxygen atoms in total. The maximum atomic E-state index is 11.0. The Balaban J connectivity index is 2.68. The van der Waals surface area contributed by atoms with Gasteiger partial charge in [0.25, 0.3) is 0 Å². The number of rotatable bonds is 2. The van der Waals surface area contributed by atoms with Crippen molar-refractivity contribution in [2.45, 2.75) is 31.8 Å². The Bertz CT molecular complexity index is 229. The monoisotopic (exact) mass is 201 g/mol. The number of primary amides is 1. The van der Waals surface area contributed by atoms with Gasteiger partial charge in [0, 0.05) is 6.54 Å². The zero-order valence-electron chi connectivity index (χ0n) is 7.69. The molecule has 1 aliphatic rings. The third-order valence-electron chi connectivity index (χ3n) is 2.25. The summed E-state index contributed by atoms with van der Waals surface area (Å²) in [6, 6.07) is -0.423. The lowest BCUT2D eigenvalue weighted by molar-refractivity contribution is -0.121. The van der Waals surface area contributed by atoms with E-state index < -0.39 is 0 Å². The highest BCUT2D eigenvalue weighted by molar-refractivity contribution is 7.80. The molecule has 0 saturated carbocycles. The van der Waals surface area contributed by atoms with Gasteiger partial charge in [-0.05, 0) is 19.8 Å². The van der Waals surface area contributed by atoms with Crippen LogP contribution in [-0.4, -0.2) is 34.4 Å². The zero-order valence-corrected chi connectivity index (χ0v) is 8.51. The van der Waals surface area contributed by atoms with Crippen LogP contribution in [0, 0.1) is 0 Å². The first-order valence-electron chi connectivity index (χ1n) is 4.39. The molecule has 0 unspecified atom stereocenters. The van der Waals surface area contributed by atoms with Gasteiger partial charge in [-0.2, -0.15) is 0 Å². The fourth-order valence-corrected chi connectivity index (χ4v) is 1.81. The van der Waals surface area contributed by atoms with E-state index in [4.69, 9.17) is 23.7 Å². The van der Waals surface area contributed by atoms with Crippen LogP contribution in [0.3, 0.4) is 0 Å². The van der Waals surface area contributed by atoms with Crippen molar-refractivity contribution in [2.24, 2.45) is 11.5 Å². The minimum absolute atomic E-state index is 0.185. The molecule has 74 valence electrons. The Morgan fingerprint density at radius 2 is 2.31 bits per heavy atom. The maximum Gasteiger partial charge on any atom is 0.240 e. The van der Waals surface area contributed by atoms with E-state index in [1.807, 2.05) is 11.8 Å². The quantitative estimate of drug-likeness (QED) is 0.597. The van der Waals surface area contributed by atoms with E-state index in [0.717, 1.165) is 19.4 Å². The average Bonchev–Trinajstić information content (AvgIpc) is 2.50. The molecule has 1 aliphatic heterocycles. The highest BCUT2D eigenvalue weighted by Gasteiger charge is 2.31. The molecular weight excluding hydrogens is 186 g/mol. The van der Waals surface area contributed by atoms with E-state index in [9.17, 15) is 4.79 Å². The van der Waals surface area contributed by atoms with Crippen molar-refractivity contribution in [2.75, 3.05) is 6.54 Å². The molecule has 1 rings (SSSR count). The SMILES string of the molecule is C[C@H](N)C(=S)N1CCC[C@H]1C(N)=O. The Morgan fingerprint density at radius 1 is 1.69 bits per heavy atom. The molecule has 5 heteroatoms. The summed E-state index contributed by atoms with van der Waals surface area (Å²) in [5, 5.41) is 0. The lowest BCUT2D eigenvalue weighted by Crippen LogP contribution is -2.48. The molecule has 0 bridgehead atoms. The second-order valence-corrected chi connectivity index (χ2v) is 3.80. The summed E-state index contributed by atoms with van der Waals surface area (Å²) >= 11 is 5.13. The van der Waals surface area contributed by atoms with Crippen LogP contribution in [0.25, 0.3) is 0 Å². The first-order valence-corrected chi connectivity index (χ1v) is 4.80. The Morgan fingerprint density at radius 3 is 2.77 bits per heavy atom. The van der Waals surface area contributed by atoms with Gasteiger partial charge in [0.1, 0.15) is 6.04 Å². The molecule has 1 heterocycles. The van der Waals surface area contributed by atoms with Crippen LogP contribution in [-0.2, 0) is 4.79 Å². The van der Waals surface area contributed by atoms with Gasteiger partial charge >= 0.3 is 0 Å². The molecule has 1 fully saturated rings. The molecule has 0 aromatic heterocycles. The van der Waals surface area contributed by atoms with Crippen LogP contribution in [0.5, 0.6) is 0 Å². The lowest BCUT2D eigenvalue weighted by atomic mass is 10.2. The van der Waals surface area contributed by atoms with Crippen LogP contribution in [0.4, 0.5) is 0 Å². The number of hydrogen-bond acceptors (Lipinski definition) is 3. The van der Waals surface area contributed by atoms with Crippen molar-refractivity contribution < 1.29 is 4.79 Å². The topological polar surface area (TPSA) is 72.3 Å².